The van der Waals surface area contributed by atoms with Crippen LogP contribution in [-0.4, -0.2) is 21.5 Å². The predicted molar refractivity (Wildman–Crippen MR) is 78.7 cm³/mol. The van der Waals surface area contributed by atoms with E-state index in [1.54, 1.807) is 36.0 Å². The van der Waals surface area contributed by atoms with E-state index in [1.807, 2.05) is 0 Å². The molecule has 118 valence electrons. The lowest BCUT2D eigenvalue weighted by molar-refractivity contribution is 0.0453. The van der Waals surface area contributed by atoms with Gasteiger partial charge in [-0.05, 0) is 25.1 Å². The van der Waals surface area contributed by atoms with Gasteiger partial charge in [-0.3, -0.25) is 4.79 Å². The Bertz CT molecular complexity index is 842. The molecule has 23 heavy (non-hydrogen) atoms. The first-order chi connectivity index (χ1) is 11.0. The molecule has 0 bridgehead atoms. The third-order valence-electron chi connectivity index (χ3n) is 3.29. The number of nitrogens with zero attached hydrogens (tertiary/aromatic N) is 2. The van der Waals surface area contributed by atoms with E-state index in [0.717, 1.165) is 0 Å². The number of esters is 1. The number of ketones is 1. The van der Waals surface area contributed by atoms with Crippen LogP contribution in [0, 0.1) is 0 Å². The average Bonchev–Trinajstić information content (AvgIpc) is 3.24. The van der Waals surface area contributed by atoms with Gasteiger partial charge in [-0.25, -0.2) is 4.79 Å². The van der Waals surface area contributed by atoms with Crippen LogP contribution in [0.3, 0.4) is 0 Å². The number of carbonyl (C=O) groups is 2. The molecule has 3 heterocycles. The highest BCUT2D eigenvalue weighted by molar-refractivity contribution is 5.97. The predicted octanol–water partition coefficient (Wildman–Crippen LogP) is 2.83. The monoisotopic (exact) mass is 314 g/mol. The smallest absolute Gasteiger partial charge is 0.355 e. The second kappa shape index (κ2) is 5.96. The van der Waals surface area contributed by atoms with E-state index in [1.165, 1.54) is 19.3 Å². The number of hydrogen-bond donors (Lipinski definition) is 0. The minimum absolute atomic E-state index is 0.0381. The number of carbonyl (C=O) groups excluding carboxylic acids is 2. The third-order valence-corrected chi connectivity index (χ3v) is 3.29. The van der Waals surface area contributed by atoms with E-state index in [0.29, 0.717) is 28.5 Å². The van der Waals surface area contributed by atoms with Crippen LogP contribution in [0.4, 0.5) is 0 Å². The molecule has 0 amide bonds. The molecule has 0 saturated carbocycles. The molecule has 0 aliphatic carbocycles. The molecular formula is C16H14N2O5. The van der Waals surface area contributed by atoms with Gasteiger partial charge in [0.2, 0.25) is 5.76 Å². The average molecular weight is 314 g/mol. The van der Waals surface area contributed by atoms with Crippen molar-refractivity contribution in [2.45, 2.75) is 13.5 Å². The second-order valence-electron chi connectivity index (χ2n) is 5.02. The zero-order valence-corrected chi connectivity index (χ0v) is 12.6. The maximum atomic E-state index is 12.1. The Kier molecular flexibility index (Phi) is 3.84. The van der Waals surface area contributed by atoms with Crippen molar-refractivity contribution in [3.63, 3.8) is 0 Å². The SMILES string of the molecule is CC(=O)c1cc(C(=O)OCc2cc(-c3ccco3)on2)n(C)c1. The van der Waals surface area contributed by atoms with Gasteiger partial charge in [0.15, 0.2) is 11.5 Å². The summed E-state index contributed by atoms with van der Waals surface area (Å²) < 4.78 is 17.1. The first-order valence-corrected chi connectivity index (χ1v) is 6.88. The fraction of sp³-hybridized carbons (Fsp3) is 0.188. The number of aryl methyl sites for hydroxylation is 1. The van der Waals surface area contributed by atoms with Crippen molar-refractivity contribution in [2.24, 2.45) is 7.05 Å². The van der Waals surface area contributed by atoms with Crippen LogP contribution in [-0.2, 0) is 18.4 Å². The Hall–Kier alpha value is -3.09. The molecular weight excluding hydrogens is 300 g/mol. The highest BCUT2D eigenvalue weighted by Crippen LogP contribution is 2.21. The molecule has 0 aliphatic rings. The molecule has 7 heteroatoms. The van der Waals surface area contributed by atoms with Crippen molar-refractivity contribution >= 4 is 11.8 Å². The summed E-state index contributed by atoms with van der Waals surface area (Å²) >= 11 is 0. The van der Waals surface area contributed by atoms with Crippen molar-refractivity contribution in [3.8, 4) is 11.5 Å². The van der Waals surface area contributed by atoms with Crippen LogP contribution in [0.15, 0.2) is 45.7 Å². The van der Waals surface area contributed by atoms with Crippen molar-refractivity contribution in [2.75, 3.05) is 0 Å². The van der Waals surface area contributed by atoms with Gasteiger partial charge in [-0.15, -0.1) is 0 Å². The molecule has 0 fully saturated rings. The van der Waals surface area contributed by atoms with E-state index >= 15 is 0 Å². The first-order valence-electron chi connectivity index (χ1n) is 6.88. The van der Waals surface area contributed by atoms with E-state index in [9.17, 15) is 9.59 Å². The summed E-state index contributed by atoms with van der Waals surface area (Å²) in [6.07, 6.45) is 3.11. The van der Waals surface area contributed by atoms with Crippen LogP contribution in [0.25, 0.3) is 11.5 Å². The van der Waals surface area contributed by atoms with Crippen molar-refractivity contribution in [1.82, 2.24) is 9.72 Å². The molecule has 0 aromatic carbocycles. The van der Waals surface area contributed by atoms with Crippen LogP contribution >= 0.6 is 0 Å². The van der Waals surface area contributed by atoms with Crippen molar-refractivity contribution < 1.29 is 23.3 Å². The number of hydrogen-bond acceptors (Lipinski definition) is 6. The Labute approximate surface area is 131 Å². The molecule has 0 radical (unpaired) electrons. The van der Waals surface area contributed by atoms with Gasteiger partial charge in [0.25, 0.3) is 0 Å². The van der Waals surface area contributed by atoms with E-state index in [2.05, 4.69) is 5.16 Å². The highest BCUT2D eigenvalue weighted by Gasteiger charge is 2.16. The van der Waals surface area contributed by atoms with Gasteiger partial charge in [-0.1, -0.05) is 5.16 Å². The normalized spacial score (nSPS) is 10.7. The number of Topliss-reactive ketones (excluding diaryl/α,β-unsaturated/α-hetero) is 1. The van der Waals surface area contributed by atoms with Gasteiger partial charge in [0.05, 0.1) is 6.26 Å². The zero-order chi connectivity index (χ0) is 16.4. The quantitative estimate of drug-likeness (QED) is 0.531. The number of ether oxygens (including phenoxy) is 1. The standard InChI is InChI=1S/C16H14N2O5/c1-10(19)11-6-13(18(2)8-11)16(20)22-9-12-7-15(23-17-12)14-4-3-5-21-14/h3-8H,9H2,1-2H3. The summed E-state index contributed by atoms with van der Waals surface area (Å²) in [7, 11) is 1.67. The summed E-state index contributed by atoms with van der Waals surface area (Å²) in [5, 5.41) is 3.82. The van der Waals surface area contributed by atoms with E-state index in [-0.39, 0.29) is 12.4 Å². The lowest BCUT2D eigenvalue weighted by atomic mass is 10.2. The molecule has 3 aromatic rings. The van der Waals surface area contributed by atoms with Gasteiger partial charge in [0, 0.05) is 24.9 Å². The molecule has 0 aliphatic heterocycles. The largest absolute Gasteiger partial charge is 0.461 e. The number of rotatable bonds is 5. The van der Waals surface area contributed by atoms with Crippen LogP contribution in [0.1, 0.15) is 33.5 Å². The molecule has 0 atom stereocenters. The molecule has 0 spiro atoms. The van der Waals surface area contributed by atoms with Crippen molar-refractivity contribution in [1.29, 1.82) is 0 Å². The van der Waals surface area contributed by atoms with E-state index in [4.69, 9.17) is 13.7 Å². The fourth-order valence-electron chi connectivity index (χ4n) is 2.09. The summed E-state index contributed by atoms with van der Waals surface area (Å²) in [6.45, 7) is 1.40. The lowest BCUT2D eigenvalue weighted by Crippen LogP contribution is -2.09. The third kappa shape index (κ3) is 3.08. The molecule has 0 N–H and O–H groups in total. The topological polar surface area (TPSA) is 87.5 Å². The second-order valence-corrected chi connectivity index (χ2v) is 5.02. The minimum atomic E-state index is -0.539. The fourth-order valence-corrected chi connectivity index (χ4v) is 2.09. The van der Waals surface area contributed by atoms with Gasteiger partial charge in [0.1, 0.15) is 18.0 Å². The maximum absolute atomic E-state index is 12.1. The summed E-state index contributed by atoms with van der Waals surface area (Å²) in [6, 6.07) is 6.61. The molecule has 3 aromatic heterocycles. The number of aromatic nitrogens is 2. The Balaban J connectivity index is 1.66. The van der Waals surface area contributed by atoms with E-state index < -0.39 is 5.97 Å². The van der Waals surface area contributed by atoms with Gasteiger partial charge < -0.3 is 18.2 Å². The van der Waals surface area contributed by atoms with Crippen LogP contribution in [0.5, 0.6) is 0 Å². The maximum Gasteiger partial charge on any atom is 0.355 e. The molecule has 7 nitrogen and oxygen atoms in total. The Morgan fingerprint density at radius 3 is 2.78 bits per heavy atom. The minimum Gasteiger partial charge on any atom is -0.461 e. The van der Waals surface area contributed by atoms with Crippen LogP contribution in [0.2, 0.25) is 0 Å². The van der Waals surface area contributed by atoms with Crippen molar-refractivity contribution in [3.05, 3.63) is 53.7 Å². The number of furan rings is 1. The van der Waals surface area contributed by atoms with Gasteiger partial charge >= 0.3 is 5.97 Å². The Morgan fingerprint density at radius 1 is 1.30 bits per heavy atom. The molecule has 3 rings (SSSR count). The zero-order valence-electron chi connectivity index (χ0n) is 12.6. The lowest BCUT2D eigenvalue weighted by Gasteiger charge is -2.02. The summed E-state index contributed by atoms with van der Waals surface area (Å²) in [4.78, 5) is 23.4. The molecule has 0 saturated heterocycles. The first kappa shape index (κ1) is 14.8. The molecule has 0 unspecified atom stereocenters. The Morgan fingerprint density at radius 2 is 2.13 bits per heavy atom. The summed E-state index contributed by atoms with van der Waals surface area (Å²) in [5.41, 5.74) is 1.22. The highest BCUT2D eigenvalue weighted by atomic mass is 16.5. The van der Waals surface area contributed by atoms with Crippen LogP contribution < -0.4 is 0 Å². The summed E-state index contributed by atoms with van der Waals surface area (Å²) in [5.74, 6) is 0.351. The van der Waals surface area contributed by atoms with Gasteiger partial charge in [-0.2, -0.15) is 0 Å².